The van der Waals surface area contributed by atoms with Crippen molar-refractivity contribution in [3.63, 3.8) is 0 Å². The number of ether oxygens (including phenoxy) is 7. The fraction of sp³-hybridized carbons (Fsp3) is 0.838. The molecule has 3 saturated heterocycles. The Hall–Kier alpha value is -3.14. The van der Waals surface area contributed by atoms with Crippen LogP contribution in [0.3, 0.4) is 0 Å². The lowest BCUT2D eigenvalue weighted by Crippen LogP contribution is -2.68. The van der Waals surface area contributed by atoms with Gasteiger partial charge in [0.05, 0.1) is 31.6 Å². The van der Waals surface area contributed by atoms with Crippen molar-refractivity contribution in [3.05, 3.63) is 11.5 Å². The zero-order chi connectivity index (χ0) is 48.3. The zero-order valence-corrected chi connectivity index (χ0v) is 35.6. The van der Waals surface area contributed by atoms with Crippen LogP contribution in [0.4, 0.5) is 0 Å². The molecule has 3 fully saturated rings. The molecular formula is C37H63N3O24. The molecule has 0 aromatic carbocycles. The molecule has 0 aliphatic carbocycles. The summed E-state index contributed by atoms with van der Waals surface area (Å²) in [6, 6.07) is -3.23. The van der Waals surface area contributed by atoms with Crippen LogP contribution in [0.1, 0.15) is 47.5 Å². The average Bonchev–Trinajstić information content (AvgIpc) is 3.24. The van der Waals surface area contributed by atoms with Crippen molar-refractivity contribution >= 4 is 23.5 Å². The molecular weight excluding hydrogens is 870 g/mol. The predicted molar refractivity (Wildman–Crippen MR) is 206 cm³/mol. The normalized spacial score (nSPS) is 36.1. The van der Waals surface area contributed by atoms with Crippen molar-refractivity contribution in [2.75, 3.05) is 26.4 Å². The number of carbonyl (C=O) groups excluding carboxylic acids is 4. The zero-order valence-electron chi connectivity index (χ0n) is 35.6. The highest BCUT2D eigenvalue weighted by molar-refractivity contribution is 5.83. The molecule has 27 heteroatoms. The topological polar surface area (TPSA) is 432 Å². The lowest BCUT2D eigenvalue weighted by molar-refractivity contribution is -0.356. The Morgan fingerprint density at radius 2 is 1.20 bits per heavy atom. The number of amides is 3. The van der Waals surface area contributed by atoms with Crippen LogP contribution in [-0.2, 0) is 52.3 Å². The van der Waals surface area contributed by atoms with Crippen molar-refractivity contribution in [1.82, 2.24) is 16.0 Å². The molecule has 3 aliphatic heterocycles. The summed E-state index contributed by atoms with van der Waals surface area (Å²) in [4.78, 5) is 48.7. The van der Waals surface area contributed by atoms with Gasteiger partial charge in [-0.15, -0.1) is 0 Å². The number of hydrogen-bond acceptors (Lipinski definition) is 24. The second-order valence-corrected chi connectivity index (χ2v) is 15.4. The second kappa shape index (κ2) is 25.1. The number of aliphatic hydroxyl groups is 13. The monoisotopic (exact) mass is 933 g/mol. The number of nitrogens with one attached hydrogen (secondary N) is 3. The average molecular weight is 934 g/mol. The molecule has 0 aromatic heterocycles. The highest BCUT2D eigenvalue weighted by Crippen LogP contribution is 2.32. The van der Waals surface area contributed by atoms with Crippen LogP contribution in [-0.4, -0.2) is 239 Å². The van der Waals surface area contributed by atoms with Crippen molar-refractivity contribution in [2.45, 2.75) is 170 Å². The number of Topliss-reactive ketones (excluding diaryl/α,β-unsaturated/α-hetero) is 1. The first-order valence-corrected chi connectivity index (χ1v) is 20.3. The maximum absolute atomic E-state index is 12.6. The van der Waals surface area contributed by atoms with Crippen LogP contribution < -0.4 is 16.0 Å². The Balaban J connectivity index is 1.87. The number of ketones is 1. The Morgan fingerprint density at radius 1 is 0.672 bits per heavy atom. The molecule has 3 rings (SSSR count). The van der Waals surface area contributed by atoms with Crippen molar-refractivity contribution in [3.8, 4) is 0 Å². The molecule has 3 aliphatic rings. The summed E-state index contributed by atoms with van der Waals surface area (Å²) >= 11 is 0. The van der Waals surface area contributed by atoms with Gasteiger partial charge in [0.25, 0.3) is 0 Å². The van der Waals surface area contributed by atoms with Gasteiger partial charge >= 0.3 is 0 Å². The van der Waals surface area contributed by atoms with Gasteiger partial charge in [0.15, 0.2) is 30.9 Å². The summed E-state index contributed by atoms with van der Waals surface area (Å²) in [6.07, 6.45) is -34.5. The summed E-state index contributed by atoms with van der Waals surface area (Å²) in [5.74, 6) is -3.90. The smallest absolute Gasteiger partial charge is 0.221 e. The highest BCUT2D eigenvalue weighted by Gasteiger charge is 2.53. The molecule has 0 radical (unpaired) electrons. The third-order valence-corrected chi connectivity index (χ3v) is 10.4. The molecule has 16 N–H and O–H groups in total. The largest absolute Gasteiger partial charge is 0.508 e. The molecule has 10 unspecified atom stereocenters. The second-order valence-electron chi connectivity index (χ2n) is 15.4. The number of rotatable bonds is 22. The van der Waals surface area contributed by atoms with E-state index in [-0.39, 0.29) is 6.42 Å². The van der Waals surface area contributed by atoms with Gasteiger partial charge in [-0.1, -0.05) is 6.92 Å². The maximum Gasteiger partial charge on any atom is 0.221 e. The molecule has 3 amide bonds. The summed E-state index contributed by atoms with van der Waals surface area (Å²) < 4.78 is 39.6. The molecule has 27 nitrogen and oxygen atoms in total. The van der Waals surface area contributed by atoms with E-state index in [4.69, 9.17) is 33.2 Å². The van der Waals surface area contributed by atoms with Crippen LogP contribution in [0, 0.1) is 0 Å². The van der Waals surface area contributed by atoms with Gasteiger partial charge in [0.1, 0.15) is 97.2 Å². The van der Waals surface area contributed by atoms with Gasteiger partial charge in [0.2, 0.25) is 17.7 Å². The first-order chi connectivity index (χ1) is 30.0. The number of hydrogen-bond donors (Lipinski definition) is 16. The third kappa shape index (κ3) is 13.9. The minimum atomic E-state index is -2.36. The predicted octanol–water partition coefficient (Wildman–Crippen LogP) is -8.18. The van der Waals surface area contributed by atoms with Gasteiger partial charge in [-0.2, -0.15) is 0 Å². The Kier molecular flexibility index (Phi) is 21.7. The van der Waals surface area contributed by atoms with Crippen LogP contribution in [0.5, 0.6) is 0 Å². The first kappa shape index (κ1) is 55.2. The first-order valence-electron chi connectivity index (χ1n) is 20.3. The van der Waals surface area contributed by atoms with Gasteiger partial charge in [-0.25, -0.2) is 0 Å². The van der Waals surface area contributed by atoms with Crippen LogP contribution in [0.2, 0.25) is 0 Å². The van der Waals surface area contributed by atoms with Crippen molar-refractivity contribution in [2.24, 2.45) is 0 Å². The Morgan fingerprint density at radius 3 is 1.72 bits per heavy atom. The molecule has 0 aromatic rings. The van der Waals surface area contributed by atoms with E-state index in [2.05, 4.69) is 16.0 Å². The quantitative estimate of drug-likeness (QED) is 0.0354. The van der Waals surface area contributed by atoms with Gasteiger partial charge in [-0.3, -0.25) is 19.2 Å². The molecule has 0 saturated carbocycles. The Labute approximate surface area is 366 Å². The summed E-state index contributed by atoms with van der Waals surface area (Å²) in [7, 11) is 0. The van der Waals surface area contributed by atoms with Crippen LogP contribution in [0.25, 0.3) is 0 Å². The van der Waals surface area contributed by atoms with Crippen LogP contribution in [0.15, 0.2) is 11.5 Å². The van der Waals surface area contributed by atoms with E-state index in [1.807, 2.05) is 0 Å². The minimum Gasteiger partial charge on any atom is -0.508 e. The van der Waals surface area contributed by atoms with E-state index in [9.17, 15) is 85.6 Å². The van der Waals surface area contributed by atoms with Crippen molar-refractivity contribution < 1.29 is 119 Å². The molecule has 0 bridgehead atoms. The van der Waals surface area contributed by atoms with Crippen molar-refractivity contribution in [1.29, 1.82) is 0 Å². The van der Waals surface area contributed by atoms with Gasteiger partial charge in [0, 0.05) is 40.2 Å². The SMILES string of the molecule is CCC(=O)C(O)C(O[C@@H]1OC(CO)[C@@H](O)C(O)C1NC(C)=O)[C@H](O)OCC1O[C@@H](O[C@@H]2C(CO)O[C@@H](O[C@H](CCO)/C(O)=C(/NC(C)=O)[C@H](C)O)C(NC(C)=O)[C@H]2O)C(O)C(O)[C@@H]1O. The minimum absolute atomic E-state index is 0.310. The maximum atomic E-state index is 12.6. The Bertz CT molecular complexity index is 1560. The van der Waals surface area contributed by atoms with E-state index in [0.717, 1.165) is 20.8 Å². The summed E-state index contributed by atoms with van der Waals surface area (Å²) in [5.41, 5.74) is -0.409. The fourth-order valence-electron chi connectivity index (χ4n) is 7.07. The lowest BCUT2D eigenvalue weighted by Gasteiger charge is -2.47. The molecule has 370 valence electrons. The van der Waals surface area contributed by atoms with E-state index in [1.54, 1.807) is 0 Å². The third-order valence-electron chi connectivity index (χ3n) is 10.4. The van der Waals surface area contributed by atoms with E-state index in [0.29, 0.717) is 0 Å². The molecule has 64 heavy (non-hydrogen) atoms. The highest BCUT2D eigenvalue weighted by atomic mass is 16.8. The molecule has 3 heterocycles. The van der Waals surface area contributed by atoms with Gasteiger partial charge in [-0.05, 0) is 6.92 Å². The molecule has 0 spiro atoms. The number of aliphatic hydroxyl groups excluding tert-OH is 13. The lowest BCUT2D eigenvalue weighted by atomic mass is 9.95. The fourth-order valence-corrected chi connectivity index (χ4v) is 7.07. The summed E-state index contributed by atoms with van der Waals surface area (Å²) in [5, 5.41) is 145. The summed E-state index contributed by atoms with van der Waals surface area (Å²) in [6.45, 7) is 2.31. The van der Waals surface area contributed by atoms with E-state index in [1.165, 1.54) is 13.8 Å². The van der Waals surface area contributed by atoms with E-state index >= 15 is 0 Å². The van der Waals surface area contributed by atoms with Crippen LogP contribution >= 0.6 is 0 Å². The molecule has 20 atom stereocenters. The number of carbonyl (C=O) groups is 4. The van der Waals surface area contributed by atoms with Gasteiger partial charge < -0.3 is 115 Å². The van der Waals surface area contributed by atoms with E-state index < -0.39 is 191 Å². The standard InChI is InChI=1S/C37H63N3O24/c1-6-16(48)24(49)33(64-36-22(39-14(4)46)28(53)26(51)18(9-42)60-36)34(57)58-11-20-27(52)30(55)31(56)37(62-20)63-32-19(10-43)61-35(23(29(32)54)40-15(5)47)59-17(7-8-41)25(50)21(12(2)44)38-13(3)45/h12,17-20,22-24,26-37,41-44,49-57H,6-11H2,1-5H3,(H,38,45)(H,39,46)(H,40,47)/b25-21-/t12-,17+,18?,19?,20?,22?,23?,24?,26+,27+,28?,29+,30?,31?,32+,33?,34+,35+,36-,37-/m0/s1.